The van der Waals surface area contributed by atoms with Gasteiger partial charge in [-0.05, 0) is 47.0 Å². The van der Waals surface area contributed by atoms with Crippen molar-refractivity contribution in [2.45, 2.75) is 18.9 Å². The maximum absolute atomic E-state index is 12.1. The van der Waals surface area contributed by atoms with Gasteiger partial charge in [0.1, 0.15) is 18.9 Å². The van der Waals surface area contributed by atoms with Gasteiger partial charge in [-0.1, -0.05) is 11.6 Å². The van der Waals surface area contributed by atoms with E-state index < -0.39 is 0 Å². The van der Waals surface area contributed by atoms with Crippen LogP contribution in [0.25, 0.3) is 0 Å². The van der Waals surface area contributed by atoms with E-state index in [-0.39, 0.29) is 37.7 Å². The highest BCUT2D eigenvalue weighted by atomic mass is 79.9. The Hall–Kier alpha value is -1.27. The zero-order valence-corrected chi connectivity index (χ0v) is 13.6. The summed E-state index contributed by atoms with van der Waals surface area (Å²) in [7, 11) is 0. The SMILES string of the molecule is O=C1CN(C2CC2)C(=O)N1CCOc1ccc(Cl)cc1Br. The summed E-state index contributed by atoms with van der Waals surface area (Å²) in [6, 6.07) is 5.27. The number of imide groups is 1. The first kappa shape index (κ1) is 14.7. The van der Waals surface area contributed by atoms with Crippen molar-refractivity contribution < 1.29 is 14.3 Å². The summed E-state index contributed by atoms with van der Waals surface area (Å²) in [5.41, 5.74) is 0. The van der Waals surface area contributed by atoms with Gasteiger partial charge in [-0.15, -0.1) is 0 Å². The van der Waals surface area contributed by atoms with E-state index in [0.717, 1.165) is 17.3 Å². The van der Waals surface area contributed by atoms with E-state index in [4.69, 9.17) is 16.3 Å². The third kappa shape index (κ3) is 3.16. The van der Waals surface area contributed by atoms with Gasteiger partial charge in [0.25, 0.3) is 0 Å². The van der Waals surface area contributed by atoms with Crippen molar-refractivity contribution in [2.75, 3.05) is 19.7 Å². The Kier molecular flexibility index (Phi) is 4.08. The number of rotatable bonds is 5. The molecule has 0 N–H and O–H groups in total. The zero-order chi connectivity index (χ0) is 15.0. The Balaban J connectivity index is 1.55. The van der Waals surface area contributed by atoms with Gasteiger partial charge in [0.2, 0.25) is 5.91 Å². The van der Waals surface area contributed by atoms with Crippen LogP contribution >= 0.6 is 27.5 Å². The molecule has 0 spiro atoms. The fraction of sp³-hybridized carbons (Fsp3) is 0.429. The highest BCUT2D eigenvalue weighted by molar-refractivity contribution is 9.10. The molecule has 1 aromatic carbocycles. The fourth-order valence-electron chi connectivity index (χ4n) is 2.29. The minimum atomic E-state index is -0.193. The van der Waals surface area contributed by atoms with Crippen LogP contribution in [0.15, 0.2) is 22.7 Å². The van der Waals surface area contributed by atoms with Crippen LogP contribution in [0.1, 0.15) is 12.8 Å². The number of amides is 3. The number of hydrogen-bond donors (Lipinski definition) is 0. The predicted octanol–water partition coefficient (Wildman–Crippen LogP) is 2.91. The predicted molar refractivity (Wildman–Crippen MR) is 81.5 cm³/mol. The van der Waals surface area contributed by atoms with Crippen molar-refractivity contribution in [3.8, 4) is 5.75 Å². The molecule has 5 nitrogen and oxygen atoms in total. The molecular formula is C14H14BrClN2O3. The number of ether oxygens (including phenoxy) is 1. The molecule has 0 bridgehead atoms. The number of benzene rings is 1. The molecule has 2 fully saturated rings. The molecule has 1 aliphatic carbocycles. The minimum Gasteiger partial charge on any atom is -0.491 e. The lowest BCUT2D eigenvalue weighted by molar-refractivity contribution is -0.125. The molecule has 1 aliphatic heterocycles. The average Bonchev–Trinajstić information content (AvgIpc) is 3.22. The van der Waals surface area contributed by atoms with Crippen LogP contribution < -0.4 is 4.74 Å². The number of halogens is 2. The van der Waals surface area contributed by atoms with Crippen LogP contribution in [0, 0.1) is 0 Å². The van der Waals surface area contributed by atoms with Gasteiger partial charge >= 0.3 is 6.03 Å². The maximum Gasteiger partial charge on any atom is 0.327 e. The second kappa shape index (κ2) is 5.85. The van der Waals surface area contributed by atoms with Crippen LogP contribution in [-0.2, 0) is 4.79 Å². The van der Waals surface area contributed by atoms with E-state index in [2.05, 4.69) is 15.9 Å². The largest absolute Gasteiger partial charge is 0.491 e. The van der Waals surface area contributed by atoms with Gasteiger partial charge in [-0.25, -0.2) is 4.79 Å². The topological polar surface area (TPSA) is 49.9 Å². The molecular weight excluding hydrogens is 360 g/mol. The molecule has 21 heavy (non-hydrogen) atoms. The molecule has 1 aromatic rings. The van der Waals surface area contributed by atoms with Crippen LogP contribution in [0.4, 0.5) is 4.79 Å². The van der Waals surface area contributed by atoms with Crippen molar-refractivity contribution in [1.29, 1.82) is 0 Å². The summed E-state index contributed by atoms with van der Waals surface area (Å²) in [6.07, 6.45) is 2.00. The lowest BCUT2D eigenvalue weighted by atomic mass is 10.3. The van der Waals surface area contributed by atoms with Gasteiger partial charge in [0.15, 0.2) is 0 Å². The van der Waals surface area contributed by atoms with Crippen molar-refractivity contribution in [3.63, 3.8) is 0 Å². The van der Waals surface area contributed by atoms with E-state index in [9.17, 15) is 9.59 Å². The molecule has 1 saturated heterocycles. The molecule has 1 heterocycles. The number of carbonyl (C=O) groups excluding carboxylic acids is 2. The van der Waals surface area contributed by atoms with E-state index in [1.54, 1.807) is 23.1 Å². The Morgan fingerprint density at radius 2 is 2.10 bits per heavy atom. The molecule has 1 saturated carbocycles. The Morgan fingerprint density at radius 3 is 2.76 bits per heavy atom. The highest BCUT2D eigenvalue weighted by Crippen LogP contribution is 2.30. The first-order valence-corrected chi connectivity index (χ1v) is 7.92. The van der Waals surface area contributed by atoms with E-state index in [1.807, 2.05) is 0 Å². The summed E-state index contributed by atoms with van der Waals surface area (Å²) in [6.45, 7) is 0.723. The third-order valence-corrected chi connectivity index (χ3v) is 4.39. The maximum atomic E-state index is 12.1. The Morgan fingerprint density at radius 1 is 1.33 bits per heavy atom. The molecule has 3 amide bonds. The lowest BCUT2D eigenvalue weighted by Crippen LogP contribution is -2.36. The first-order chi connectivity index (χ1) is 10.1. The van der Waals surface area contributed by atoms with Gasteiger partial charge in [-0.3, -0.25) is 9.69 Å². The van der Waals surface area contributed by atoms with Crippen LogP contribution in [0.5, 0.6) is 5.75 Å². The quantitative estimate of drug-likeness (QED) is 0.746. The van der Waals surface area contributed by atoms with E-state index >= 15 is 0 Å². The fourth-order valence-corrected chi connectivity index (χ4v) is 3.09. The molecule has 0 aromatic heterocycles. The van der Waals surface area contributed by atoms with Crippen LogP contribution in [0.2, 0.25) is 5.02 Å². The smallest absolute Gasteiger partial charge is 0.327 e. The van der Waals surface area contributed by atoms with Crippen molar-refractivity contribution in [3.05, 3.63) is 27.7 Å². The number of nitrogens with zero attached hydrogens (tertiary/aromatic N) is 2. The molecule has 7 heteroatoms. The van der Waals surface area contributed by atoms with Crippen molar-refractivity contribution in [2.24, 2.45) is 0 Å². The highest BCUT2D eigenvalue weighted by Gasteiger charge is 2.43. The standard InChI is InChI=1S/C14H14BrClN2O3/c15-11-7-9(16)1-4-12(11)21-6-5-17-13(19)8-18(14(17)20)10-2-3-10/h1,4,7,10H,2-3,5-6,8H2. The zero-order valence-electron chi connectivity index (χ0n) is 11.2. The minimum absolute atomic E-state index is 0.148. The van der Waals surface area contributed by atoms with E-state index in [0.29, 0.717) is 10.8 Å². The summed E-state index contributed by atoms with van der Waals surface area (Å²) in [5, 5.41) is 0.610. The number of urea groups is 1. The Labute approximate surface area is 135 Å². The van der Waals surface area contributed by atoms with Gasteiger partial charge in [0, 0.05) is 11.1 Å². The van der Waals surface area contributed by atoms with Crippen molar-refractivity contribution >= 4 is 39.5 Å². The Bertz CT molecular complexity index is 592. The molecule has 2 aliphatic rings. The summed E-state index contributed by atoms with van der Waals surface area (Å²) in [4.78, 5) is 26.9. The van der Waals surface area contributed by atoms with E-state index in [1.165, 1.54) is 4.90 Å². The summed E-state index contributed by atoms with van der Waals surface area (Å²) in [5.74, 6) is 0.489. The number of carbonyl (C=O) groups is 2. The number of hydrogen-bond acceptors (Lipinski definition) is 3. The normalized spacial score (nSPS) is 18.6. The molecule has 112 valence electrons. The third-order valence-electron chi connectivity index (χ3n) is 3.54. The first-order valence-electron chi connectivity index (χ1n) is 6.75. The second-order valence-corrected chi connectivity index (χ2v) is 6.40. The van der Waals surface area contributed by atoms with Gasteiger partial charge < -0.3 is 9.64 Å². The van der Waals surface area contributed by atoms with Gasteiger partial charge in [0.05, 0.1) is 11.0 Å². The average molecular weight is 374 g/mol. The van der Waals surface area contributed by atoms with Crippen LogP contribution in [-0.4, -0.2) is 47.5 Å². The monoisotopic (exact) mass is 372 g/mol. The molecule has 0 atom stereocenters. The van der Waals surface area contributed by atoms with Gasteiger partial charge in [-0.2, -0.15) is 0 Å². The summed E-state index contributed by atoms with van der Waals surface area (Å²) >= 11 is 9.21. The molecule has 0 radical (unpaired) electrons. The molecule has 0 unspecified atom stereocenters. The molecule has 3 rings (SSSR count). The van der Waals surface area contributed by atoms with Crippen molar-refractivity contribution in [1.82, 2.24) is 9.80 Å². The van der Waals surface area contributed by atoms with Crippen LogP contribution in [0.3, 0.4) is 0 Å². The second-order valence-electron chi connectivity index (χ2n) is 5.11. The lowest BCUT2D eigenvalue weighted by Gasteiger charge is -2.17. The summed E-state index contributed by atoms with van der Waals surface area (Å²) < 4.78 is 6.34.